The van der Waals surface area contributed by atoms with Gasteiger partial charge in [-0.25, -0.2) is 4.89 Å². The summed E-state index contributed by atoms with van der Waals surface area (Å²) in [5, 5.41) is 1.05. The van der Waals surface area contributed by atoms with Crippen molar-refractivity contribution in [2.24, 2.45) is 0 Å². The molecule has 0 bridgehead atoms. The summed E-state index contributed by atoms with van der Waals surface area (Å²) in [7, 11) is 1.79. The van der Waals surface area contributed by atoms with Crippen molar-refractivity contribution < 1.29 is 4.89 Å². The Morgan fingerprint density at radius 2 is 1.60 bits per heavy atom. The molecule has 2 rings (SSSR count). The summed E-state index contributed by atoms with van der Waals surface area (Å²) in [5.41, 5.74) is 0. The van der Waals surface area contributed by atoms with E-state index in [1.165, 1.54) is 0 Å². The average Bonchev–Trinajstić information content (AvgIpc) is 2.27. The van der Waals surface area contributed by atoms with Crippen LogP contribution in [-0.2, 0) is 0 Å². The molecular weight excluding hydrogens is 207 g/mol. The highest BCUT2D eigenvalue weighted by molar-refractivity contribution is 7.73. The lowest BCUT2D eigenvalue weighted by atomic mass is 10.4. The van der Waals surface area contributed by atoms with Gasteiger partial charge in [0.2, 0.25) is 0 Å². The topological polar surface area (TPSA) is 26.7 Å². The minimum atomic E-state index is -2.23. The van der Waals surface area contributed by atoms with E-state index in [2.05, 4.69) is 9.34 Å². The molecule has 0 unspecified atom stereocenters. The summed E-state index contributed by atoms with van der Waals surface area (Å²) in [6, 6.07) is 10.0. The Hall–Kier alpha value is -0.470. The summed E-state index contributed by atoms with van der Waals surface area (Å²) in [5.74, 6) is 0. The highest BCUT2D eigenvalue weighted by Gasteiger charge is 2.50. The molecule has 1 fully saturated rings. The average molecular weight is 225 g/mol. The van der Waals surface area contributed by atoms with Crippen LogP contribution in [0.2, 0.25) is 0 Å². The minimum Gasteiger partial charge on any atom is -0.207 e. The number of benzene rings is 1. The van der Waals surface area contributed by atoms with Crippen LogP contribution in [0.1, 0.15) is 6.42 Å². The van der Waals surface area contributed by atoms with Crippen molar-refractivity contribution in [1.29, 1.82) is 0 Å². The Labute approximate surface area is 91.8 Å². The van der Waals surface area contributed by atoms with Crippen LogP contribution in [0.5, 0.6) is 0 Å². The Bertz CT molecular complexity index is 321. The lowest BCUT2D eigenvalue weighted by molar-refractivity contribution is 0.314. The standard InChI is InChI=1S/C11H18N2OP/c1-12-9-6-10-13(2)15(12,14)11-7-4-3-5-8-11/h3-5,7-8,14H,6,9-10H2,1-2H3/q+1. The number of rotatable bonds is 1. The predicted molar refractivity (Wildman–Crippen MR) is 65.1 cm³/mol. The fraction of sp³-hybridized carbons (Fsp3) is 0.455. The van der Waals surface area contributed by atoms with E-state index in [1.807, 2.05) is 44.4 Å². The number of hydrogen-bond donors (Lipinski definition) is 1. The van der Waals surface area contributed by atoms with Crippen LogP contribution < -0.4 is 5.30 Å². The van der Waals surface area contributed by atoms with Gasteiger partial charge in [0.05, 0.1) is 0 Å². The third-order valence-corrected chi connectivity index (χ3v) is 6.31. The van der Waals surface area contributed by atoms with Crippen molar-refractivity contribution >= 4 is 13.1 Å². The molecule has 0 amide bonds. The SMILES string of the molecule is CN1CCCN(C)[P+]1(O)c1ccccc1. The van der Waals surface area contributed by atoms with E-state index in [9.17, 15) is 4.89 Å². The fourth-order valence-corrected chi connectivity index (χ4v) is 4.81. The molecule has 0 atom stereocenters. The summed E-state index contributed by atoms with van der Waals surface area (Å²) >= 11 is 0. The zero-order chi connectivity index (χ0) is 10.9. The van der Waals surface area contributed by atoms with Gasteiger partial charge in [-0.3, -0.25) is 0 Å². The highest BCUT2D eigenvalue weighted by atomic mass is 31.2. The van der Waals surface area contributed by atoms with Crippen molar-refractivity contribution in [3.8, 4) is 0 Å². The molecule has 1 aliphatic rings. The maximum atomic E-state index is 10.8. The van der Waals surface area contributed by atoms with Crippen LogP contribution >= 0.6 is 7.79 Å². The Kier molecular flexibility index (Phi) is 3.08. The molecule has 1 saturated heterocycles. The highest BCUT2D eigenvalue weighted by Crippen LogP contribution is 2.59. The minimum absolute atomic E-state index is 0.976. The van der Waals surface area contributed by atoms with E-state index in [-0.39, 0.29) is 0 Å². The summed E-state index contributed by atoms with van der Waals surface area (Å²) < 4.78 is 4.21. The van der Waals surface area contributed by atoms with Gasteiger partial charge >= 0.3 is 7.79 Å². The molecule has 15 heavy (non-hydrogen) atoms. The molecule has 0 radical (unpaired) electrons. The Morgan fingerprint density at radius 3 is 2.13 bits per heavy atom. The van der Waals surface area contributed by atoms with Crippen LogP contribution in [0.3, 0.4) is 0 Å². The molecule has 0 saturated carbocycles. The zero-order valence-corrected chi connectivity index (χ0v) is 10.2. The van der Waals surface area contributed by atoms with Gasteiger partial charge < -0.3 is 0 Å². The van der Waals surface area contributed by atoms with Gasteiger partial charge in [-0.05, 0) is 18.6 Å². The molecular formula is C11H18N2OP+. The first-order valence-corrected chi connectivity index (χ1v) is 6.91. The Morgan fingerprint density at radius 1 is 1.07 bits per heavy atom. The zero-order valence-electron chi connectivity index (χ0n) is 9.30. The van der Waals surface area contributed by atoms with Crippen LogP contribution in [-0.4, -0.2) is 41.4 Å². The summed E-state index contributed by atoms with van der Waals surface area (Å²) in [4.78, 5) is 10.8. The van der Waals surface area contributed by atoms with Crippen LogP contribution in [0, 0.1) is 0 Å². The molecule has 1 heterocycles. The van der Waals surface area contributed by atoms with E-state index < -0.39 is 7.79 Å². The maximum absolute atomic E-state index is 10.8. The molecule has 0 aliphatic carbocycles. The van der Waals surface area contributed by atoms with Gasteiger partial charge in [-0.15, -0.1) is 9.34 Å². The smallest absolute Gasteiger partial charge is 0.207 e. The molecule has 82 valence electrons. The third-order valence-electron chi connectivity index (χ3n) is 3.02. The van der Waals surface area contributed by atoms with Gasteiger partial charge in [-0.1, -0.05) is 18.2 Å². The molecule has 1 aliphatic heterocycles. The van der Waals surface area contributed by atoms with E-state index in [1.54, 1.807) is 0 Å². The van der Waals surface area contributed by atoms with Crippen molar-refractivity contribution in [1.82, 2.24) is 9.34 Å². The fourth-order valence-electron chi connectivity index (χ4n) is 2.09. The maximum Gasteiger partial charge on any atom is 0.319 e. The molecule has 0 aromatic heterocycles. The second kappa shape index (κ2) is 4.18. The molecule has 1 N–H and O–H groups in total. The van der Waals surface area contributed by atoms with Crippen molar-refractivity contribution in [3.63, 3.8) is 0 Å². The van der Waals surface area contributed by atoms with Gasteiger partial charge in [0, 0.05) is 27.2 Å². The lowest BCUT2D eigenvalue weighted by Gasteiger charge is -2.37. The quantitative estimate of drug-likeness (QED) is 0.730. The second-order valence-corrected chi connectivity index (χ2v) is 7.04. The number of hydrogen-bond acceptors (Lipinski definition) is 3. The summed E-state index contributed by atoms with van der Waals surface area (Å²) in [6.45, 7) is 1.95. The molecule has 1 aromatic rings. The Balaban J connectivity index is 2.38. The third kappa shape index (κ3) is 1.81. The van der Waals surface area contributed by atoms with Gasteiger partial charge in [0.15, 0.2) is 5.30 Å². The van der Waals surface area contributed by atoms with E-state index in [0.29, 0.717) is 0 Å². The van der Waals surface area contributed by atoms with E-state index in [0.717, 1.165) is 24.8 Å². The summed E-state index contributed by atoms with van der Waals surface area (Å²) in [6.07, 6.45) is 1.13. The van der Waals surface area contributed by atoms with Gasteiger partial charge in [0.25, 0.3) is 0 Å². The number of nitrogens with zero attached hydrogens (tertiary/aromatic N) is 2. The molecule has 3 nitrogen and oxygen atoms in total. The van der Waals surface area contributed by atoms with Gasteiger partial charge in [0.1, 0.15) is 0 Å². The van der Waals surface area contributed by atoms with E-state index in [4.69, 9.17) is 0 Å². The normalized spacial score (nSPS) is 22.9. The molecule has 1 aromatic carbocycles. The van der Waals surface area contributed by atoms with Crippen molar-refractivity contribution in [2.75, 3.05) is 27.2 Å². The molecule has 0 spiro atoms. The van der Waals surface area contributed by atoms with E-state index >= 15 is 0 Å². The second-order valence-electron chi connectivity index (χ2n) is 4.02. The predicted octanol–water partition coefficient (Wildman–Crippen LogP) is 1.33. The molecule has 4 heteroatoms. The first-order chi connectivity index (χ1) is 7.15. The lowest BCUT2D eigenvalue weighted by Crippen LogP contribution is -2.43. The first-order valence-electron chi connectivity index (χ1n) is 5.26. The van der Waals surface area contributed by atoms with Crippen molar-refractivity contribution in [3.05, 3.63) is 30.3 Å². The van der Waals surface area contributed by atoms with Crippen LogP contribution in [0.4, 0.5) is 0 Å². The van der Waals surface area contributed by atoms with Crippen LogP contribution in [0.25, 0.3) is 0 Å². The van der Waals surface area contributed by atoms with Crippen molar-refractivity contribution in [2.45, 2.75) is 6.42 Å². The first kappa shape index (κ1) is 11.0. The monoisotopic (exact) mass is 225 g/mol. The largest absolute Gasteiger partial charge is 0.319 e. The van der Waals surface area contributed by atoms with Gasteiger partial charge in [-0.2, -0.15) is 0 Å². The van der Waals surface area contributed by atoms with Crippen LogP contribution in [0.15, 0.2) is 30.3 Å².